The minimum Gasteiger partial charge on any atom is -0.495 e. The van der Waals surface area contributed by atoms with Gasteiger partial charge in [0.25, 0.3) is 0 Å². The Bertz CT molecular complexity index is 392. The first-order valence-corrected chi connectivity index (χ1v) is 4.66. The van der Waals surface area contributed by atoms with Crippen LogP contribution in [0.4, 0.5) is 10.5 Å². The van der Waals surface area contributed by atoms with Gasteiger partial charge in [-0.15, -0.1) is 0 Å². The number of amides is 1. The van der Waals surface area contributed by atoms with E-state index in [2.05, 4.69) is 0 Å². The van der Waals surface area contributed by atoms with Crippen LogP contribution >= 0.6 is 11.6 Å². The van der Waals surface area contributed by atoms with E-state index in [9.17, 15) is 4.79 Å². The van der Waals surface area contributed by atoms with Gasteiger partial charge in [-0.05, 0) is 24.6 Å². The smallest absolute Gasteiger partial charge is 0.411 e. The minimum atomic E-state index is -1.06. The van der Waals surface area contributed by atoms with E-state index in [0.29, 0.717) is 16.5 Å². The standard InChI is InChI=1S/C10H12ClNO3/c1-6-4-9(15-3)8(5-7(6)11)12(2)10(13)14/h4-5H,1-3H3,(H,13,14). The van der Waals surface area contributed by atoms with Crippen LogP contribution in [-0.2, 0) is 0 Å². The fraction of sp³-hybridized carbons (Fsp3) is 0.300. The van der Waals surface area contributed by atoms with Crippen molar-refractivity contribution in [2.45, 2.75) is 6.92 Å². The van der Waals surface area contributed by atoms with Gasteiger partial charge in [0.05, 0.1) is 12.8 Å². The lowest BCUT2D eigenvalue weighted by Gasteiger charge is -2.17. The second-order valence-corrected chi connectivity index (χ2v) is 3.52. The summed E-state index contributed by atoms with van der Waals surface area (Å²) in [5.41, 5.74) is 1.27. The topological polar surface area (TPSA) is 49.8 Å². The van der Waals surface area contributed by atoms with E-state index in [-0.39, 0.29) is 0 Å². The van der Waals surface area contributed by atoms with Crippen molar-refractivity contribution < 1.29 is 14.6 Å². The van der Waals surface area contributed by atoms with Gasteiger partial charge in [0.15, 0.2) is 0 Å². The predicted molar refractivity (Wildman–Crippen MR) is 59.2 cm³/mol. The van der Waals surface area contributed by atoms with Crippen molar-refractivity contribution in [3.8, 4) is 5.75 Å². The van der Waals surface area contributed by atoms with Gasteiger partial charge in [-0.1, -0.05) is 11.6 Å². The highest BCUT2D eigenvalue weighted by molar-refractivity contribution is 6.31. The van der Waals surface area contributed by atoms with Crippen molar-refractivity contribution in [3.63, 3.8) is 0 Å². The number of halogens is 1. The van der Waals surface area contributed by atoms with E-state index >= 15 is 0 Å². The van der Waals surface area contributed by atoms with Gasteiger partial charge in [-0.3, -0.25) is 4.90 Å². The van der Waals surface area contributed by atoms with E-state index in [1.165, 1.54) is 14.2 Å². The maximum atomic E-state index is 10.8. The number of carbonyl (C=O) groups is 1. The molecule has 0 aliphatic heterocycles. The molecule has 1 rings (SSSR count). The summed E-state index contributed by atoms with van der Waals surface area (Å²) in [6, 6.07) is 3.28. The molecule has 0 heterocycles. The van der Waals surface area contributed by atoms with Crippen molar-refractivity contribution in [2.75, 3.05) is 19.1 Å². The molecule has 0 spiro atoms. The second kappa shape index (κ2) is 4.40. The second-order valence-electron chi connectivity index (χ2n) is 3.11. The third-order valence-corrected chi connectivity index (χ3v) is 2.52. The first-order chi connectivity index (χ1) is 6.97. The summed E-state index contributed by atoms with van der Waals surface area (Å²) in [5.74, 6) is 0.488. The van der Waals surface area contributed by atoms with Crippen molar-refractivity contribution in [3.05, 3.63) is 22.7 Å². The highest BCUT2D eigenvalue weighted by Crippen LogP contribution is 2.33. The van der Waals surface area contributed by atoms with Gasteiger partial charge in [-0.25, -0.2) is 4.79 Å². The molecule has 4 nitrogen and oxygen atoms in total. The Morgan fingerprint density at radius 1 is 1.53 bits per heavy atom. The number of hydrogen-bond acceptors (Lipinski definition) is 2. The van der Waals surface area contributed by atoms with Gasteiger partial charge in [0, 0.05) is 12.1 Å². The van der Waals surface area contributed by atoms with Crippen molar-refractivity contribution in [1.82, 2.24) is 0 Å². The fourth-order valence-electron chi connectivity index (χ4n) is 1.17. The summed E-state index contributed by atoms with van der Waals surface area (Å²) in [7, 11) is 2.92. The lowest BCUT2D eigenvalue weighted by Crippen LogP contribution is -2.24. The Labute approximate surface area is 93.0 Å². The van der Waals surface area contributed by atoms with Crippen molar-refractivity contribution >= 4 is 23.4 Å². The fourth-order valence-corrected chi connectivity index (χ4v) is 1.33. The van der Waals surface area contributed by atoms with Gasteiger partial charge in [0.1, 0.15) is 5.75 Å². The molecular formula is C10H12ClNO3. The van der Waals surface area contributed by atoms with Crippen LogP contribution in [0.15, 0.2) is 12.1 Å². The molecular weight excluding hydrogens is 218 g/mol. The summed E-state index contributed by atoms with van der Waals surface area (Å²) in [4.78, 5) is 11.9. The molecule has 5 heteroatoms. The van der Waals surface area contributed by atoms with Crippen LogP contribution < -0.4 is 9.64 Å². The minimum absolute atomic E-state index is 0.431. The van der Waals surface area contributed by atoms with Crippen LogP contribution in [0.25, 0.3) is 0 Å². The molecule has 0 aromatic heterocycles. The maximum Gasteiger partial charge on any atom is 0.411 e. The predicted octanol–water partition coefficient (Wildman–Crippen LogP) is 2.77. The van der Waals surface area contributed by atoms with Crippen molar-refractivity contribution in [2.24, 2.45) is 0 Å². The Morgan fingerprint density at radius 2 is 2.13 bits per heavy atom. The van der Waals surface area contributed by atoms with Crippen LogP contribution in [0, 0.1) is 6.92 Å². The molecule has 0 unspecified atom stereocenters. The van der Waals surface area contributed by atoms with E-state index < -0.39 is 6.09 Å². The van der Waals surface area contributed by atoms with Gasteiger partial charge in [0.2, 0.25) is 0 Å². The molecule has 82 valence electrons. The Hall–Kier alpha value is -1.42. The van der Waals surface area contributed by atoms with Crippen LogP contribution in [-0.4, -0.2) is 25.4 Å². The molecule has 0 aliphatic rings. The van der Waals surface area contributed by atoms with Gasteiger partial charge >= 0.3 is 6.09 Å². The SMILES string of the molecule is COc1cc(C)c(Cl)cc1N(C)C(=O)O. The third kappa shape index (κ3) is 2.33. The number of methoxy groups -OCH3 is 1. The number of nitrogens with zero attached hydrogens (tertiary/aromatic N) is 1. The molecule has 0 saturated heterocycles. The number of aryl methyl sites for hydroxylation is 1. The summed E-state index contributed by atoms with van der Waals surface area (Å²) in [6.07, 6.45) is -1.06. The molecule has 1 aromatic rings. The quantitative estimate of drug-likeness (QED) is 0.848. The largest absolute Gasteiger partial charge is 0.495 e. The molecule has 0 bridgehead atoms. The van der Waals surface area contributed by atoms with Crippen LogP contribution in [0.3, 0.4) is 0 Å². The molecule has 0 radical (unpaired) electrons. The summed E-state index contributed by atoms with van der Waals surface area (Å²) in [5, 5.41) is 9.36. The monoisotopic (exact) mass is 229 g/mol. The molecule has 0 saturated carbocycles. The first kappa shape index (κ1) is 11.7. The molecule has 0 fully saturated rings. The third-order valence-electron chi connectivity index (χ3n) is 2.11. The Balaban J connectivity index is 3.27. The molecule has 0 atom stereocenters. The average Bonchev–Trinajstić information content (AvgIpc) is 2.20. The molecule has 1 N–H and O–H groups in total. The van der Waals surface area contributed by atoms with E-state index in [0.717, 1.165) is 10.5 Å². The van der Waals surface area contributed by atoms with Crippen LogP contribution in [0.1, 0.15) is 5.56 Å². The highest BCUT2D eigenvalue weighted by Gasteiger charge is 2.15. The summed E-state index contributed by atoms with van der Waals surface area (Å²) < 4.78 is 5.09. The zero-order chi connectivity index (χ0) is 11.6. The zero-order valence-electron chi connectivity index (χ0n) is 8.74. The van der Waals surface area contributed by atoms with Crippen LogP contribution in [0.2, 0.25) is 5.02 Å². The van der Waals surface area contributed by atoms with Gasteiger partial charge < -0.3 is 9.84 Å². The lowest BCUT2D eigenvalue weighted by atomic mass is 10.2. The van der Waals surface area contributed by atoms with Crippen LogP contribution in [0.5, 0.6) is 5.75 Å². The average molecular weight is 230 g/mol. The first-order valence-electron chi connectivity index (χ1n) is 4.28. The molecule has 15 heavy (non-hydrogen) atoms. The maximum absolute atomic E-state index is 10.8. The number of anilines is 1. The molecule has 0 aliphatic carbocycles. The van der Waals surface area contributed by atoms with E-state index in [1.54, 1.807) is 12.1 Å². The zero-order valence-corrected chi connectivity index (χ0v) is 9.50. The molecule has 1 amide bonds. The Kier molecular flexibility index (Phi) is 3.42. The van der Waals surface area contributed by atoms with E-state index in [4.69, 9.17) is 21.4 Å². The number of rotatable bonds is 2. The van der Waals surface area contributed by atoms with Crippen molar-refractivity contribution in [1.29, 1.82) is 0 Å². The molecule has 1 aromatic carbocycles. The highest BCUT2D eigenvalue weighted by atomic mass is 35.5. The number of hydrogen-bond donors (Lipinski definition) is 1. The van der Waals surface area contributed by atoms with Gasteiger partial charge in [-0.2, -0.15) is 0 Å². The number of ether oxygens (including phenoxy) is 1. The number of benzene rings is 1. The summed E-state index contributed by atoms with van der Waals surface area (Å²) in [6.45, 7) is 1.83. The normalized spacial score (nSPS) is 9.87. The Morgan fingerprint density at radius 3 is 2.60 bits per heavy atom. The van der Waals surface area contributed by atoms with E-state index in [1.807, 2.05) is 6.92 Å². The lowest BCUT2D eigenvalue weighted by molar-refractivity contribution is 0.203. The number of carboxylic acid groups (broad SMARTS) is 1. The summed E-state index contributed by atoms with van der Waals surface area (Å²) >= 11 is 5.92.